The van der Waals surface area contributed by atoms with Crippen molar-refractivity contribution in [2.45, 2.75) is 6.54 Å². The summed E-state index contributed by atoms with van der Waals surface area (Å²) in [6, 6.07) is 11.5. The minimum absolute atomic E-state index is 0.531. The summed E-state index contributed by atoms with van der Waals surface area (Å²) in [5.74, 6) is 0.763. The molecule has 1 aromatic heterocycles. The molecule has 0 radical (unpaired) electrons. The molecule has 0 saturated carbocycles. The number of hydrogen-bond donors (Lipinski definition) is 2. The number of rotatable bonds is 3. The molecule has 0 saturated heterocycles. The van der Waals surface area contributed by atoms with Gasteiger partial charge in [-0.15, -0.1) is 0 Å². The largest absolute Gasteiger partial charge is 0.340 e. The Labute approximate surface area is 99.3 Å². The molecular weight excluding hydrogens is 222 g/mol. The van der Waals surface area contributed by atoms with E-state index in [9.17, 15) is 0 Å². The van der Waals surface area contributed by atoms with Crippen LogP contribution in [-0.4, -0.2) is 4.98 Å². The molecule has 2 rings (SSSR count). The van der Waals surface area contributed by atoms with Crippen LogP contribution in [0.15, 0.2) is 42.6 Å². The Morgan fingerprint density at radius 3 is 2.81 bits per heavy atom. The second-order valence-electron chi connectivity index (χ2n) is 3.39. The van der Waals surface area contributed by atoms with Crippen molar-refractivity contribution in [1.29, 1.82) is 0 Å². The zero-order valence-corrected chi connectivity index (χ0v) is 9.41. The zero-order chi connectivity index (χ0) is 11.4. The minimum Gasteiger partial charge on any atom is -0.340 e. The van der Waals surface area contributed by atoms with Crippen molar-refractivity contribution >= 4 is 23.1 Å². The summed E-state index contributed by atoms with van der Waals surface area (Å²) >= 11 is 5.76. The second kappa shape index (κ2) is 4.96. The Morgan fingerprint density at radius 1 is 1.25 bits per heavy atom. The van der Waals surface area contributed by atoms with Gasteiger partial charge in [-0.05, 0) is 29.8 Å². The smallest absolute Gasteiger partial charge is 0.130 e. The van der Waals surface area contributed by atoms with Crippen LogP contribution in [0.3, 0.4) is 0 Å². The molecule has 3 nitrogen and oxygen atoms in total. The molecule has 0 spiro atoms. The molecule has 82 valence electrons. The fourth-order valence-electron chi connectivity index (χ4n) is 1.37. The summed E-state index contributed by atoms with van der Waals surface area (Å²) in [5, 5.41) is 3.81. The van der Waals surface area contributed by atoms with E-state index < -0.39 is 0 Å². The lowest BCUT2D eigenvalue weighted by atomic mass is 10.2. The molecule has 0 fully saturated rings. The number of hydrogen-bond acceptors (Lipinski definition) is 3. The number of halogens is 1. The average Bonchev–Trinajstić information content (AvgIpc) is 2.32. The molecule has 0 amide bonds. The molecule has 3 N–H and O–H groups in total. The second-order valence-corrected chi connectivity index (χ2v) is 3.83. The number of anilines is 2. The molecule has 0 aliphatic rings. The molecule has 16 heavy (non-hydrogen) atoms. The van der Waals surface area contributed by atoms with E-state index in [0.717, 1.165) is 17.1 Å². The third-order valence-electron chi connectivity index (χ3n) is 2.16. The summed E-state index contributed by atoms with van der Waals surface area (Å²) in [5.41, 5.74) is 7.62. The van der Waals surface area contributed by atoms with Gasteiger partial charge in [-0.25, -0.2) is 4.98 Å². The van der Waals surface area contributed by atoms with Crippen molar-refractivity contribution < 1.29 is 0 Å². The van der Waals surface area contributed by atoms with Gasteiger partial charge in [-0.1, -0.05) is 23.7 Å². The van der Waals surface area contributed by atoms with Crippen molar-refractivity contribution in [3.63, 3.8) is 0 Å². The lowest BCUT2D eigenvalue weighted by Crippen LogP contribution is -1.98. The summed E-state index contributed by atoms with van der Waals surface area (Å²) in [7, 11) is 0. The number of benzene rings is 1. The van der Waals surface area contributed by atoms with Gasteiger partial charge in [0.15, 0.2) is 0 Å². The first kappa shape index (κ1) is 10.9. The third-order valence-corrected chi connectivity index (χ3v) is 2.39. The van der Waals surface area contributed by atoms with Gasteiger partial charge in [-0.3, -0.25) is 0 Å². The fraction of sp³-hybridized carbons (Fsp3) is 0.0833. The summed E-state index contributed by atoms with van der Waals surface area (Å²) in [6.07, 6.45) is 1.61. The predicted molar refractivity (Wildman–Crippen MR) is 66.9 cm³/mol. The highest BCUT2D eigenvalue weighted by molar-refractivity contribution is 6.30. The van der Waals surface area contributed by atoms with Crippen LogP contribution in [0, 0.1) is 0 Å². The van der Waals surface area contributed by atoms with E-state index >= 15 is 0 Å². The van der Waals surface area contributed by atoms with E-state index in [2.05, 4.69) is 10.3 Å². The minimum atomic E-state index is 0.531. The van der Waals surface area contributed by atoms with Gasteiger partial charge in [0, 0.05) is 18.4 Å². The van der Waals surface area contributed by atoms with Crippen molar-refractivity contribution in [1.82, 2.24) is 4.98 Å². The quantitative estimate of drug-likeness (QED) is 0.857. The van der Waals surface area contributed by atoms with Crippen LogP contribution in [0.25, 0.3) is 0 Å². The lowest BCUT2D eigenvalue weighted by molar-refractivity contribution is 1.07. The van der Waals surface area contributed by atoms with E-state index in [-0.39, 0.29) is 0 Å². The van der Waals surface area contributed by atoms with E-state index in [0.29, 0.717) is 11.6 Å². The van der Waals surface area contributed by atoms with Crippen LogP contribution < -0.4 is 11.1 Å². The van der Waals surface area contributed by atoms with Crippen LogP contribution in [0.5, 0.6) is 0 Å². The summed E-state index contributed by atoms with van der Waals surface area (Å²) < 4.78 is 0. The highest BCUT2D eigenvalue weighted by Gasteiger charge is 1.97. The van der Waals surface area contributed by atoms with Crippen LogP contribution >= 0.6 is 11.6 Å². The SMILES string of the molecule is NCc1cccc(Nc2ccc(Cl)cn2)c1. The zero-order valence-electron chi connectivity index (χ0n) is 8.65. The monoisotopic (exact) mass is 233 g/mol. The van der Waals surface area contributed by atoms with Gasteiger partial charge >= 0.3 is 0 Å². The van der Waals surface area contributed by atoms with Crippen LogP contribution in [0.2, 0.25) is 5.02 Å². The molecule has 0 unspecified atom stereocenters. The van der Waals surface area contributed by atoms with Crippen molar-refractivity contribution in [3.8, 4) is 0 Å². The predicted octanol–water partition coefficient (Wildman–Crippen LogP) is 2.94. The molecule has 0 atom stereocenters. The molecule has 0 bridgehead atoms. The molecule has 1 heterocycles. The molecule has 0 aliphatic heterocycles. The highest BCUT2D eigenvalue weighted by atomic mass is 35.5. The maximum absolute atomic E-state index is 5.76. The van der Waals surface area contributed by atoms with Gasteiger partial charge in [0.1, 0.15) is 5.82 Å². The topological polar surface area (TPSA) is 50.9 Å². The van der Waals surface area contributed by atoms with E-state index in [4.69, 9.17) is 17.3 Å². The van der Waals surface area contributed by atoms with Gasteiger partial charge in [0.25, 0.3) is 0 Å². The number of nitrogens with zero attached hydrogens (tertiary/aromatic N) is 1. The molecular formula is C12H12ClN3. The fourth-order valence-corrected chi connectivity index (χ4v) is 1.49. The lowest BCUT2D eigenvalue weighted by Gasteiger charge is -2.06. The Bertz CT molecular complexity index is 468. The van der Waals surface area contributed by atoms with E-state index in [1.54, 1.807) is 12.3 Å². The number of aromatic nitrogens is 1. The Hall–Kier alpha value is -1.58. The molecule has 0 aliphatic carbocycles. The van der Waals surface area contributed by atoms with Crippen molar-refractivity contribution in [3.05, 3.63) is 53.2 Å². The van der Waals surface area contributed by atoms with Gasteiger partial charge in [0.2, 0.25) is 0 Å². The maximum atomic E-state index is 5.76. The highest BCUT2D eigenvalue weighted by Crippen LogP contribution is 2.17. The van der Waals surface area contributed by atoms with E-state index in [1.807, 2.05) is 30.3 Å². The summed E-state index contributed by atoms with van der Waals surface area (Å²) in [6.45, 7) is 0.531. The molecule has 2 aromatic rings. The number of nitrogens with two attached hydrogens (primary N) is 1. The van der Waals surface area contributed by atoms with Gasteiger partial charge < -0.3 is 11.1 Å². The van der Waals surface area contributed by atoms with Crippen LogP contribution in [0.4, 0.5) is 11.5 Å². The standard InChI is InChI=1S/C12H12ClN3/c13-10-4-5-12(15-8-10)16-11-3-1-2-9(6-11)7-14/h1-6,8H,7,14H2,(H,15,16). The normalized spacial score (nSPS) is 10.1. The van der Waals surface area contributed by atoms with Crippen molar-refractivity contribution in [2.24, 2.45) is 5.73 Å². The molecule has 1 aromatic carbocycles. The third kappa shape index (κ3) is 2.72. The van der Waals surface area contributed by atoms with Gasteiger partial charge in [-0.2, -0.15) is 0 Å². The average molecular weight is 234 g/mol. The number of pyridine rings is 1. The van der Waals surface area contributed by atoms with Crippen LogP contribution in [-0.2, 0) is 6.54 Å². The van der Waals surface area contributed by atoms with Crippen LogP contribution in [0.1, 0.15) is 5.56 Å². The maximum Gasteiger partial charge on any atom is 0.130 e. The summed E-state index contributed by atoms with van der Waals surface area (Å²) in [4.78, 5) is 4.15. The Balaban J connectivity index is 2.16. The van der Waals surface area contributed by atoms with Crippen molar-refractivity contribution in [2.75, 3.05) is 5.32 Å². The first-order valence-electron chi connectivity index (χ1n) is 4.95. The Morgan fingerprint density at radius 2 is 2.12 bits per heavy atom. The van der Waals surface area contributed by atoms with E-state index in [1.165, 1.54) is 0 Å². The Kier molecular flexibility index (Phi) is 3.39. The molecule has 4 heteroatoms. The van der Waals surface area contributed by atoms with Gasteiger partial charge in [0.05, 0.1) is 5.02 Å². The first-order valence-corrected chi connectivity index (χ1v) is 5.33. The first-order chi connectivity index (χ1) is 7.78. The number of nitrogens with one attached hydrogen (secondary N) is 1.